The van der Waals surface area contributed by atoms with E-state index >= 15 is 0 Å². The Labute approximate surface area is 188 Å². The van der Waals surface area contributed by atoms with Gasteiger partial charge in [0.1, 0.15) is 0 Å². The van der Waals surface area contributed by atoms with Gasteiger partial charge >= 0.3 is 12.0 Å². The molecule has 1 unspecified atom stereocenters. The molecule has 1 aromatic rings. The molecule has 0 radical (unpaired) electrons. The quantitative estimate of drug-likeness (QED) is 0.680. The fraction of sp³-hybridized carbons (Fsp3) is 0.565. The van der Waals surface area contributed by atoms with Crippen molar-refractivity contribution < 1.29 is 14.3 Å². The third-order valence-electron chi connectivity index (χ3n) is 6.65. The first-order chi connectivity index (χ1) is 15.1. The van der Waals surface area contributed by atoms with Crippen molar-refractivity contribution in [2.45, 2.75) is 44.2 Å². The molecular weight excluding hydrogens is 416 g/mol. The lowest BCUT2D eigenvalue weighted by atomic mass is 9.93. The normalized spacial score (nSPS) is 23.9. The molecule has 8 heteroatoms. The molecule has 1 aliphatic carbocycles. The van der Waals surface area contributed by atoms with Gasteiger partial charge in [0, 0.05) is 49.5 Å². The van der Waals surface area contributed by atoms with Crippen LogP contribution in [0.1, 0.15) is 43.7 Å². The maximum absolute atomic E-state index is 12.7. The first kappa shape index (κ1) is 22.1. The Balaban J connectivity index is 1.52. The molecule has 7 nitrogen and oxygen atoms in total. The van der Waals surface area contributed by atoms with E-state index in [0.29, 0.717) is 34.4 Å². The topological polar surface area (TPSA) is 73.9 Å². The van der Waals surface area contributed by atoms with Crippen LogP contribution >= 0.6 is 11.6 Å². The molecule has 1 saturated heterocycles. The van der Waals surface area contributed by atoms with Crippen LogP contribution in [0.25, 0.3) is 0 Å². The maximum Gasteiger partial charge on any atom is 0.338 e. The van der Waals surface area contributed by atoms with Crippen LogP contribution in [0, 0.1) is 0 Å². The van der Waals surface area contributed by atoms with Crippen molar-refractivity contribution in [1.29, 1.82) is 0 Å². The Kier molecular flexibility index (Phi) is 7.15. The number of halogens is 1. The van der Waals surface area contributed by atoms with E-state index in [2.05, 4.69) is 20.4 Å². The summed E-state index contributed by atoms with van der Waals surface area (Å²) in [5.74, 6) is -0.465. The van der Waals surface area contributed by atoms with Crippen molar-refractivity contribution in [3.05, 3.63) is 46.1 Å². The molecule has 0 spiro atoms. The smallest absolute Gasteiger partial charge is 0.338 e. The lowest BCUT2D eigenvalue weighted by Crippen LogP contribution is -2.53. The SMILES string of the molecule is COC(=O)C1=C(CN2CCN(C3CCCCC3)CC2)NC(=O)NC1c1ccccc1Cl. The fourth-order valence-corrected chi connectivity index (χ4v) is 5.24. The van der Waals surface area contributed by atoms with Crippen molar-refractivity contribution in [2.75, 3.05) is 39.8 Å². The molecular formula is C23H31ClN4O3. The number of urea groups is 1. The van der Waals surface area contributed by atoms with Gasteiger partial charge in [-0.3, -0.25) is 9.80 Å². The summed E-state index contributed by atoms with van der Waals surface area (Å²) in [5, 5.41) is 6.19. The molecule has 2 fully saturated rings. The number of rotatable bonds is 5. The lowest BCUT2D eigenvalue weighted by molar-refractivity contribution is -0.136. The average molecular weight is 447 g/mol. The van der Waals surface area contributed by atoms with E-state index in [1.54, 1.807) is 6.07 Å². The van der Waals surface area contributed by atoms with E-state index in [-0.39, 0.29) is 6.03 Å². The van der Waals surface area contributed by atoms with Crippen LogP contribution < -0.4 is 10.6 Å². The Morgan fingerprint density at radius 2 is 1.84 bits per heavy atom. The molecule has 2 aliphatic heterocycles. The van der Waals surface area contributed by atoms with Gasteiger partial charge in [-0.1, -0.05) is 49.1 Å². The van der Waals surface area contributed by atoms with Gasteiger partial charge in [-0.15, -0.1) is 0 Å². The van der Waals surface area contributed by atoms with Crippen molar-refractivity contribution >= 4 is 23.6 Å². The largest absolute Gasteiger partial charge is 0.466 e. The summed E-state index contributed by atoms with van der Waals surface area (Å²) in [6.07, 6.45) is 6.64. The third kappa shape index (κ3) is 5.05. The number of benzene rings is 1. The van der Waals surface area contributed by atoms with Crippen LogP contribution in [0.15, 0.2) is 35.5 Å². The minimum absolute atomic E-state index is 0.339. The van der Waals surface area contributed by atoms with Crippen molar-refractivity contribution in [1.82, 2.24) is 20.4 Å². The summed E-state index contributed by atoms with van der Waals surface area (Å²) in [6.45, 7) is 4.36. The predicted octanol–water partition coefficient (Wildman–Crippen LogP) is 3.07. The molecule has 0 bridgehead atoms. The molecule has 2 heterocycles. The summed E-state index contributed by atoms with van der Waals surface area (Å²) in [7, 11) is 1.36. The number of hydrogen-bond acceptors (Lipinski definition) is 5. The van der Waals surface area contributed by atoms with E-state index in [9.17, 15) is 9.59 Å². The third-order valence-corrected chi connectivity index (χ3v) is 7.00. The Bertz CT molecular complexity index is 845. The number of methoxy groups -OCH3 is 1. The van der Waals surface area contributed by atoms with E-state index in [0.717, 1.165) is 26.2 Å². The number of ether oxygens (including phenoxy) is 1. The van der Waals surface area contributed by atoms with Crippen molar-refractivity contribution in [3.63, 3.8) is 0 Å². The predicted molar refractivity (Wildman–Crippen MR) is 120 cm³/mol. The van der Waals surface area contributed by atoms with Gasteiger partial charge in [0.15, 0.2) is 0 Å². The van der Waals surface area contributed by atoms with Gasteiger partial charge in [0.25, 0.3) is 0 Å². The van der Waals surface area contributed by atoms with Crippen LogP contribution in [0.2, 0.25) is 5.02 Å². The molecule has 1 atom stereocenters. The van der Waals surface area contributed by atoms with Crippen LogP contribution in [0.5, 0.6) is 0 Å². The Hall–Kier alpha value is -2.09. The zero-order chi connectivity index (χ0) is 21.8. The van der Waals surface area contributed by atoms with E-state index in [1.165, 1.54) is 39.2 Å². The van der Waals surface area contributed by atoms with Crippen molar-refractivity contribution in [2.24, 2.45) is 0 Å². The van der Waals surface area contributed by atoms with E-state index in [4.69, 9.17) is 16.3 Å². The summed E-state index contributed by atoms with van der Waals surface area (Å²) in [6, 6.07) is 6.97. The summed E-state index contributed by atoms with van der Waals surface area (Å²) >= 11 is 6.39. The van der Waals surface area contributed by atoms with Gasteiger partial charge in [0.05, 0.1) is 18.7 Å². The highest BCUT2D eigenvalue weighted by Crippen LogP contribution is 2.32. The number of amides is 2. The summed E-state index contributed by atoms with van der Waals surface area (Å²) in [4.78, 5) is 30.1. The van der Waals surface area contributed by atoms with Crippen LogP contribution in [-0.2, 0) is 9.53 Å². The second-order valence-electron chi connectivity index (χ2n) is 8.54. The number of carbonyl (C=O) groups excluding carboxylic acids is 2. The van der Waals surface area contributed by atoms with E-state index < -0.39 is 12.0 Å². The van der Waals surface area contributed by atoms with Gasteiger partial charge in [0.2, 0.25) is 0 Å². The highest BCUT2D eigenvalue weighted by atomic mass is 35.5. The fourth-order valence-electron chi connectivity index (χ4n) is 4.99. The Morgan fingerprint density at radius 3 is 2.52 bits per heavy atom. The maximum atomic E-state index is 12.7. The van der Waals surface area contributed by atoms with Crippen LogP contribution in [0.4, 0.5) is 4.79 Å². The van der Waals surface area contributed by atoms with E-state index in [1.807, 2.05) is 18.2 Å². The lowest BCUT2D eigenvalue weighted by Gasteiger charge is -2.41. The van der Waals surface area contributed by atoms with Crippen LogP contribution in [0.3, 0.4) is 0 Å². The molecule has 3 aliphatic rings. The van der Waals surface area contributed by atoms with Gasteiger partial charge in [-0.25, -0.2) is 9.59 Å². The highest BCUT2D eigenvalue weighted by molar-refractivity contribution is 6.31. The first-order valence-corrected chi connectivity index (χ1v) is 11.5. The molecule has 1 aromatic carbocycles. The van der Waals surface area contributed by atoms with Crippen LogP contribution in [-0.4, -0.2) is 67.7 Å². The molecule has 168 valence electrons. The second-order valence-corrected chi connectivity index (χ2v) is 8.95. The minimum atomic E-state index is -0.645. The monoisotopic (exact) mass is 446 g/mol. The number of piperazine rings is 1. The number of hydrogen-bond donors (Lipinski definition) is 2. The first-order valence-electron chi connectivity index (χ1n) is 11.2. The second kappa shape index (κ2) is 10.0. The number of nitrogens with zero attached hydrogens (tertiary/aromatic N) is 2. The van der Waals surface area contributed by atoms with Gasteiger partial charge < -0.3 is 15.4 Å². The molecule has 2 amide bonds. The molecule has 0 aromatic heterocycles. The molecule has 2 N–H and O–H groups in total. The molecule has 1 saturated carbocycles. The standard InChI is InChI=1S/C23H31ClN4O3/c1-31-22(29)20-19(25-23(30)26-21(20)17-9-5-6-10-18(17)24)15-27-11-13-28(14-12-27)16-7-3-2-4-8-16/h5-6,9-10,16,21H,2-4,7-8,11-15H2,1H3,(H2,25,26,30). The Morgan fingerprint density at radius 1 is 1.13 bits per heavy atom. The minimum Gasteiger partial charge on any atom is -0.466 e. The molecule has 4 rings (SSSR count). The van der Waals surface area contributed by atoms with Gasteiger partial charge in [-0.05, 0) is 24.5 Å². The van der Waals surface area contributed by atoms with Gasteiger partial charge in [-0.2, -0.15) is 0 Å². The molecule has 31 heavy (non-hydrogen) atoms. The zero-order valence-electron chi connectivity index (χ0n) is 18.0. The highest BCUT2D eigenvalue weighted by Gasteiger charge is 2.35. The number of esters is 1. The average Bonchev–Trinajstić information content (AvgIpc) is 2.80. The summed E-state index contributed by atoms with van der Waals surface area (Å²) < 4.78 is 5.07. The summed E-state index contributed by atoms with van der Waals surface area (Å²) in [5.41, 5.74) is 1.68. The number of carbonyl (C=O) groups is 2. The van der Waals surface area contributed by atoms with Crippen molar-refractivity contribution in [3.8, 4) is 0 Å². The zero-order valence-corrected chi connectivity index (χ0v) is 18.8. The number of nitrogens with one attached hydrogen (secondary N) is 2.